The molecule has 0 aliphatic heterocycles. The fourth-order valence-electron chi connectivity index (χ4n) is 3.74. The average molecular weight is 429 g/mol. The summed E-state index contributed by atoms with van der Waals surface area (Å²) in [7, 11) is 0. The maximum absolute atomic E-state index is 13.5. The van der Waals surface area contributed by atoms with Crippen LogP contribution in [0.25, 0.3) is 0 Å². The number of hydrogen-bond acceptors (Lipinski definition) is 2. The summed E-state index contributed by atoms with van der Waals surface area (Å²) < 4.78 is 0. The second kappa shape index (κ2) is 12.5. The van der Waals surface area contributed by atoms with Crippen molar-refractivity contribution in [2.45, 2.75) is 45.2 Å². The molecule has 32 heavy (non-hydrogen) atoms. The molecular weight excluding hydrogens is 396 g/mol. The molecule has 0 spiro atoms. The molecule has 0 saturated carbocycles. The van der Waals surface area contributed by atoms with Gasteiger partial charge in [-0.25, -0.2) is 0 Å². The van der Waals surface area contributed by atoms with Crippen LogP contribution < -0.4 is 5.32 Å². The minimum atomic E-state index is -0.670. The number of rotatable bonds is 11. The predicted octanol–water partition coefficient (Wildman–Crippen LogP) is 5.31. The SMILES string of the molecule is CCCCNC(=O)[C@@H](c1ccccc1)N(Cc1ccccc1)C(=O)CCc1ccccc1. The van der Waals surface area contributed by atoms with Gasteiger partial charge in [-0.1, -0.05) is 104 Å². The standard InChI is InChI=1S/C28H32N2O2/c1-2-3-21-29-28(32)27(25-17-11-6-12-18-25)30(22-24-15-9-5-10-16-24)26(31)20-19-23-13-7-4-8-14-23/h4-18,27H,2-3,19-22H2,1H3,(H,29,32)/t27-/m1/s1. The van der Waals surface area contributed by atoms with Gasteiger partial charge < -0.3 is 10.2 Å². The van der Waals surface area contributed by atoms with E-state index in [2.05, 4.69) is 12.2 Å². The van der Waals surface area contributed by atoms with E-state index in [0.717, 1.165) is 29.5 Å². The molecule has 0 bridgehead atoms. The van der Waals surface area contributed by atoms with E-state index in [1.807, 2.05) is 91.0 Å². The Labute approximate surface area is 191 Å². The maximum atomic E-state index is 13.5. The molecule has 0 radical (unpaired) electrons. The first-order valence-corrected chi connectivity index (χ1v) is 11.4. The second-order valence-corrected chi connectivity index (χ2v) is 7.95. The highest BCUT2D eigenvalue weighted by atomic mass is 16.2. The number of carbonyl (C=O) groups excluding carboxylic acids is 2. The van der Waals surface area contributed by atoms with E-state index in [9.17, 15) is 9.59 Å². The summed E-state index contributed by atoms with van der Waals surface area (Å²) >= 11 is 0. The van der Waals surface area contributed by atoms with Crippen LogP contribution in [-0.4, -0.2) is 23.3 Å². The highest BCUT2D eigenvalue weighted by molar-refractivity contribution is 5.88. The van der Waals surface area contributed by atoms with E-state index in [0.29, 0.717) is 25.9 Å². The third kappa shape index (κ3) is 6.81. The molecule has 3 aromatic rings. The van der Waals surface area contributed by atoms with Crippen LogP contribution in [-0.2, 0) is 22.6 Å². The van der Waals surface area contributed by atoms with Gasteiger partial charge in [-0.15, -0.1) is 0 Å². The van der Waals surface area contributed by atoms with Crippen LogP contribution in [0.2, 0.25) is 0 Å². The van der Waals surface area contributed by atoms with Gasteiger partial charge in [0.25, 0.3) is 0 Å². The number of hydrogen-bond donors (Lipinski definition) is 1. The van der Waals surface area contributed by atoms with Gasteiger partial charge in [0.1, 0.15) is 6.04 Å². The fraction of sp³-hybridized carbons (Fsp3) is 0.286. The molecule has 2 amide bonds. The van der Waals surface area contributed by atoms with Crippen molar-refractivity contribution in [3.8, 4) is 0 Å². The summed E-state index contributed by atoms with van der Waals surface area (Å²) in [4.78, 5) is 28.6. The number of nitrogens with one attached hydrogen (secondary N) is 1. The molecule has 0 aliphatic carbocycles. The molecule has 0 unspecified atom stereocenters. The molecule has 0 saturated heterocycles. The summed E-state index contributed by atoms with van der Waals surface area (Å²) in [5.74, 6) is -0.161. The minimum Gasteiger partial charge on any atom is -0.354 e. The van der Waals surface area contributed by atoms with Crippen molar-refractivity contribution >= 4 is 11.8 Å². The van der Waals surface area contributed by atoms with Gasteiger partial charge in [0.2, 0.25) is 11.8 Å². The molecule has 0 heterocycles. The number of carbonyl (C=O) groups is 2. The zero-order valence-electron chi connectivity index (χ0n) is 18.7. The van der Waals surface area contributed by atoms with E-state index >= 15 is 0 Å². The van der Waals surface area contributed by atoms with Crippen molar-refractivity contribution in [1.29, 1.82) is 0 Å². The molecule has 1 atom stereocenters. The van der Waals surface area contributed by atoms with Crippen molar-refractivity contribution in [3.05, 3.63) is 108 Å². The third-order valence-electron chi connectivity index (χ3n) is 5.49. The van der Waals surface area contributed by atoms with E-state index < -0.39 is 6.04 Å². The van der Waals surface area contributed by atoms with Gasteiger partial charge in [0, 0.05) is 19.5 Å². The van der Waals surface area contributed by atoms with Gasteiger partial charge in [-0.2, -0.15) is 0 Å². The third-order valence-corrected chi connectivity index (χ3v) is 5.49. The molecule has 0 aromatic heterocycles. The lowest BCUT2D eigenvalue weighted by molar-refractivity contribution is -0.141. The molecule has 4 heteroatoms. The zero-order valence-corrected chi connectivity index (χ0v) is 18.7. The largest absolute Gasteiger partial charge is 0.354 e. The number of aryl methyl sites for hydroxylation is 1. The monoisotopic (exact) mass is 428 g/mol. The molecule has 4 nitrogen and oxygen atoms in total. The minimum absolute atomic E-state index is 0.0304. The number of benzene rings is 3. The second-order valence-electron chi connectivity index (χ2n) is 7.95. The summed E-state index contributed by atoms with van der Waals surface area (Å²) in [5, 5.41) is 3.04. The maximum Gasteiger partial charge on any atom is 0.247 e. The summed E-state index contributed by atoms with van der Waals surface area (Å²) in [6, 6.07) is 28.8. The van der Waals surface area contributed by atoms with Gasteiger partial charge >= 0.3 is 0 Å². The molecule has 1 N–H and O–H groups in total. The quantitative estimate of drug-likeness (QED) is 0.421. The predicted molar refractivity (Wildman–Crippen MR) is 129 cm³/mol. The Morgan fingerprint density at radius 2 is 1.38 bits per heavy atom. The number of unbranched alkanes of at least 4 members (excludes halogenated alkanes) is 1. The van der Waals surface area contributed by atoms with Crippen molar-refractivity contribution in [2.75, 3.05) is 6.54 Å². The van der Waals surface area contributed by atoms with Crippen LogP contribution in [0.4, 0.5) is 0 Å². The van der Waals surface area contributed by atoms with Gasteiger partial charge in [-0.3, -0.25) is 9.59 Å². The molecule has 3 aromatic carbocycles. The van der Waals surface area contributed by atoms with Crippen LogP contribution in [0.3, 0.4) is 0 Å². The van der Waals surface area contributed by atoms with Crippen molar-refractivity contribution in [2.24, 2.45) is 0 Å². The Bertz CT molecular complexity index is 958. The normalized spacial score (nSPS) is 11.5. The van der Waals surface area contributed by atoms with Gasteiger partial charge in [-0.05, 0) is 29.5 Å². The first kappa shape index (κ1) is 23.3. The Morgan fingerprint density at radius 3 is 1.97 bits per heavy atom. The van der Waals surface area contributed by atoms with Crippen molar-refractivity contribution < 1.29 is 9.59 Å². The van der Waals surface area contributed by atoms with Crippen molar-refractivity contribution in [3.63, 3.8) is 0 Å². The van der Waals surface area contributed by atoms with Crippen LogP contribution in [0.1, 0.15) is 48.9 Å². The Hall–Kier alpha value is -3.40. The summed E-state index contributed by atoms with van der Waals surface area (Å²) in [6.45, 7) is 3.08. The lowest BCUT2D eigenvalue weighted by Crippen LogP contribution is -2.43. The van der Waals surface area contributed by atoms with Crippen LogP contribution in [0.15, 0.2) is 91.0 Å². The summed E-state index contributed by atoms with van der Waals surface area (Å²) in [6.07, 6.45) is 2.90. The van der Waals surface area contributed by atoms with Gasteiger partial charge in [0.15, 0.2) is 0 Å². The first-order valence-electron chi connectivity index (χ1n) is 11.4. The van der Waals surface area contributed by atoms with E-state index in [1.165, 1.54) is 0 Å². The van der Waals surface area contributed by atoms with E-state index in [1.54, 1.807) is 4.90 Å². The van der Waals surface area contributed by atoms with Crippen molar-refractivity contribution in [1.82, 2.24) is 10.2 Å². The highest BCUT2D eigenvalue weighted by Crippen LogP contribution is 2.25. The van der Waals surface area contributed by atoms with Crippen LogP contribution in [0.5, 0.6) is 0 Å². The highest BCUT2D eigenvalue weighted by Gasteiger charge is 2.31. The van der Waals surface area contributed by atoms with Gasteiger partial charge in [0.05, 0.1) is 0 Å². The molecule has 166 valence electrons. The Morgan fingerprint density at radius 1 is 0.812 bits per heavy atom. The average Bonchev–Trinajstić information content (AvgIpc) is 2.84. The number of amides is 2. The smallest absolute Gasteiger partial charge is 0.247 e. The van der Waals surface area contributed by atoms with E-state index in [4.69, 9.17) is 0 Å². The first-order chi connectivity index (χ1) is 15.7. The lowest BCUT2D eigenvalue weighted by atomic mass is 10.0. The van der Waals surface area contributed by atoms with Crippen LogP contribution >= 0.6 is 0 Å². The molecule has 0 fully saturated rings. The zero-order chi connectivity index (χ0) is 22.6. The summed E-state index contributed by atoms with van der Waals surface area (Å²) in [5.41, 5.74) is 2.94. The topological polar surface area (TPSA) is 49.4 Å². The molecular formula is C28H32N2O2. The fourth-order valence-corrected chi connectivity index (χ4v) is 3.74. The van der Waals surface area contributed by atoms with E-state index in [-0.39, 0.29) is 11.8 Å². The van der Waals surface area contributed by atoms with Crippen LogP contribution in [0, 0.1) is 0 Å². The lowest BCUT2D eigenvalue weighted by Gasteiger charge is -2.32. The number of nitrogens with zero attached hydrogens (tertiary/aromatic N) is 1. The molecule has 0 aliphatic rings. The molecule has 3 rings (SSSR count). The Kier molecular flexibility index (Phi) is 9.05. The Balaban J connectivity index is 1.88.